The molecule has 1 aromatic carbocycles. The Balaban J connectivity index is 1.46. The topological polar surface area (TPSA) is 109 Å². The number of likely N-dealkylation sites (N-methyl/N-ethyl adjacent to an activating group) is 1. The fraction of sp³-hybridized carbons (Fsp3) is 0.350. The maximum Gasteiger partial charge on any atom is 0.244 e. The molecule has 1 aliphatic rings. The standard InChI is InChI=1S/C20H24N4O5S/c1-23(30(27,28)18-8-5-9-21-13-18)15-19(25)22-16-12-20(26)24(14-16)10-11-29-17-6-3-2-4-7-17/h2-9,13,16H,10-12,14-15H2,1H3,(H,22,25). The van der Waals surface area contributed by atoms with Crippen molar-refractivity contribution in [2.75, 3.05) is 33.3 Å². The van der Waals surface area contributed by atoms with Crippen LogP contribution in [0, 0.1) is 0 Å². The van der Waals surface area contributed by atoms with Crippen LogP contribution in [-0.4, -0.2) is 73.8 Å². The molecule has 1 aromatic heterocycles. The number of likely N-dealkylation sites (tertiary alicyclic amines) is 1. The highest BCUT2D eigenvalue weighted by atomic mass is 32.2. The van der Waals surface area contributed by atoms with Gasteiger partial charge in [-0.25, -0.2) is 8.42 Å². The Kier molecular flexibility index (Phi) is 7.01. The summed E-state index contributed by atoms with van der Waals surface area (Å²) in [5.74, 6) is 0.185. The van der Waals surface area contributed by atoms with Crippen LogP contribution >= 0.6 is 0 Å². The number of sulfonamides is 1. The minimum Gasteiger partial charge on any atom is -0.492 e. The van der Waals surface area contributed by atoms with Crippen LogP contribution < -0.4 is 10.1 Å². The third-order valence-corrected chi connectivity index (χ3v) is 6.45. The second-order valence-corrected chi connectivity index (χ2v) is 8.96. The zero-order valence-corrected chi connectivity index (χ0v) is 17.4. The molecule has 9 nitrogen and oxygen atoms in total. The summed E-state index contributed by atoms with van der Waals surface area (Å²) in [4.78, 5) is 29.9. The normalized spacial score (nSPS) is 16.7. The Morgan fingerprint density at radius 2 is 2.03 bits per heavy atom. The van der Waals surface area contributed by atoms with Gasteiger partial charge in [0.2, 0.25) is 21.8 Å². The molecule has 1 aliphatic heterocycles. The summed E-state index contributed by atoms with van der Waals surface area (Å²) in [7, 11) is -2.48. The van der Waals surface area contributed by atoms with Gasteiger partial charge in [-0.2, -0.15) is 4.31 Å². The number of hydrogen-bond acceptors (Lipinski definition) is 6. The second kappa shape index (κ2) is 9.68. The molecular formula is C20H24N4O5S. The van der Waals surface area contributed by atoms with Crippen molar-refractivity contribution in [1.82, 2.24) is 19.5 Å². The molecule has 1 N–H and O–H groups in total. The predicted octanol–water partition coefficient (Wildman–Crippen LogP) is 0.498. The molecule has 0 radical (unpaired) electrons. The smallest absolute Gasteiger partial charge is 0.244 e. The summed E-state index contributed by atoms with van der Waals surface area (Å²) >= 11 is 0. The van der Waals surface area contributed by atoms with Crippen molar-refractivity contribution in [1.29, 1.82) is 0 Å². The van der Waals surface area contributed by atoms with Gasteiger partial charge in [-0.05, 0) is 24.3 Å². The Labute approximate surface area is 175 Å². The van der Waals surface area contributed by atoms with E-state index in [1.165, 1.54) is 31.6 Å². The van der Waals surface area contributed by atoms with Gasteiger partial charge in [-0.15, -0.1) is 0 Å². The number of nitrogens with one attached hydrogen (secondary N) is 1. The van der Waals surface area contributed by atoms with E-state index in [1.54, 1.807) is 4.90 Å². The molecule has 0 aliphatic carbocycles. The van der Waals surface area contributed by atoms with Crippen LogP contribution in [0.1, 0.15) is 6.42 Å². The minimum atomic E-state index is -3.81. The zero-order chi connectivity index (χ0) is 21.6. The molecule has 0 bridgehead atoms. The number of rotatable bonds is 9. The maximum absolute atomic E-state index is 12.5. The first-order chi connectivity index (χ1) is 14.4. The lowest BCUT2D eigenvalue weighted by Gasteiger charge is -2.19. The number of para-hydroxylation sites is 1. The summed E-state index contributed by atoms with van der Waals surface area (Å²) in [6.07, 6.45) is 2.88. The molecule has 0 saturated carbocycles. The number of ether oxygens (including phenoxy) is 1. The molecule has 2 aromatic rings. The third kappa shape index (κ3) is 5.55. The lowest BCUT2D eigenvalue weighted by Crippen LogP contribution is -2.43. The first kappa shape index (κ1) is 21.7. The van der Waals surface area contributed by atoms with Gasteiger partial charge in [0.25, 0.3) is 0 Å². The van der Waals surface area contributed by atoms with E-state index in [-0.39, 0.29) is 29.8 Å². The van der Waals surface area contributed by atoms with E-state index < -0.39 is 15.9 Å². The number of aromatic nitrogens is 1. The monoisotopic (exact) mass is 432 g/mol. The molecule has 1 atom stereocenters. The van der Waals surface area contributed by atoms with Crippen LogP contribution in [0.5, 0.6) is 5.75 Å². The number of pyridine rings is 1. The van der Waals surface area contributed by atoms with Gasteiger partial charge in [-0.3, -0.25) is 14.6 Å². The maximum atomic E-state index is 12.5. The lowest BCUT2D eigenvalue weighted by molar-refractivity contribution is -0.128. The Bertz CT molecular complexity index is 969. The summed E-state index contributed by atoms with van der Waals surface area (Å²) in [6, 6.07) is 11.9. The highest BCUT2D eigenvalue weighted by Crippen LogP contribution is 2.14. The van der Waals surface area contributed by atoms with Crippen molar-refractivity contribution < 1.29 is 22.7 Å². The van der Waals surface area contributed by atoms with Crippen molar-refractivity contribution in [2.24, 2.45) is 0 Å². The van der Waals surface area contributed by atoms with Crippen molar-refractivity contribution in [2.45, 2.75) is 17.4 Å². The molecule has 1 unspecified atom stereocenters. The molecule has 2 amide bonds. The second-order valence-electron chi connectivity index (χ2n) is 6.92. The van der Waals surface area contributed by atoms with Gasteiger partial charge in [0.1, 0.15) is 17.3 Å². The summed E-state index contributed by atoms with van der Waals surface area (Å²) in [5.41, 5.74) is 0. The van der Waals surface area contributed by atoms with Crippen LogP contribution in [0.4, 0.5) is 0 Å². The molecule has 2 heterocycles. The van der Waals surface area contributed by atoms with E-state index in [0.717, 1.165) is 10.1 Å². The average molecular weight is 433 g/mol. The van der Waals surface area contributed by atoms with Crippen LogP contribution in [0.15, 0.2) is 59.8 Å². The Morgan fingerprint density at radius 1 is 1.27 bits per heavy atom. The molecule has 1 fully saturated rings. The van der Waals surface area contributed by atoms with E-state index in [9.17, 15) is 18.0 Å². The predicted molar refractivity (Wildman–Crippen MR) is 109 cm³/mol. The first-order valence-corrected chi connectivity index (χ1v) is 10.9. The molecule has 30 heavy (non-hydrogen) atoms. The number of nitrogens with zero attached hydrogens (tertiary/aromatic N) is 3. The van der Waals surface area contributed by atoms with Gasteiger partial charge in [0.05, 0.1) is 19.1 Å². The van der Waals surface area contributed by atoms with Crippen molar-refractivity contribution in [3.05, 3.63) is 54.9 Å². The fourth-order valence-corrected chi connectivity index (χ4v) is 4.21. The van der Waals surface area contributed by atoms with Crippen LogP contribution in [0.3, 0.4) is 0 Å². The van der Waals surface area contributed by atoms with Crippen molar-refractivity contribution in [3.63, 3.8) is 0 Å². The molecule has 1 saturated heterocycles. The summed E-state index contributed by atoms with van der Waals surface area (Å²) in [5, 5.41) is 2.74. The highest BCUT2D eigenvalue weighted by molar-refractivity contribution is 7.89. The summed E-state index contributed by atoms with van der Waals surface area (Å²) < 4.78 is 31.5. The largest absolute Gasteiger partial charge is 0.492 e. The SMILES string of the molecule is CN(CC(=O)NC1CC(=O)N(CCOc2ccccc2)C1)S(=O)(=O)c1cccnc1. The number of hydrogen-bond donors (Lipinski definition) is 1. The van der Waals surface area contributed by atoms with Crippen molar-refractivity contribution >= 4 is 21.8 Å². The number of carbonyl (C=O) groups excluding carboxylic acids is 2. The van der Waals surface area contributed by atoms with E-state index in [1.807, 2.05) is 30.3 Å². The third-order valence-electron chi connectivity index (χ3n) is 4.66. The number of benzene rings is 1. The Morgan fingerprint density at radius 3 is 2.73 bits per heavy atom. The molecule has 160 valence electrons. The van der Waals surface area contributed by atoms with Crippen LogP contribution in [0.25, 0.3) is 0 Å². The molecule has 10 heteroatoms. The van der Waals surface area contributed by atoms with E-state index in [4.69, 9.17) is 4.74 Å². The number of amides is 2. The quantitative estimate of drug-likeness (QED) is 0.618. The summed E-state index contributed by atoms with van der Waals surface area (Å²) in [6.45, 7) is 0.777. The van der Waals surface area contributed by atoms with Crippen LogP contribution in [0.2, 0.25) is 0 Å². The number of carbonyl (C=O) groups is 2. The van der Waals surface area contributed by atoms with E-state index in [2.05, 4.69) is 10.3 Å². The van der Waals surface area contributed by atoms with Crippen LogP contribution in [-0.2, 0) is 19.6 Å². The zero-order valence-electron chi connectivity index (χ0n) is 16.6. The molecule has 0 spiro atoms. The van der Waals surface area contributed by atoms with Gasteiger partial charge >= 0.3 is 0 Å². The van der Waals surface area contributed by atoms with Gasteiger partial charge in [0, 0.05) is 32.4 Å². The molecule has 3 rings (SSSR count). The average Bonchev–Trinajstić information content (AvgIpc) is 3.08. The fourth-order valence-electron chi connectivity index (χ4n) is 3.12. The Hall–Kier alpha value is -2.98. The van der Waals surface area contributed by atoms with Crippen molar-refractivity contribution in [3.8, 4) is 5.75 Å². The van der Waals surface area contributed by atoms with E-state index >= 15 is 0 Å². The minimum absolute atomic E-state index is 0.0148. The highest BCUT2D eigenvalue weighted by Gasteiger charge is 2.31. The lowest BCUT2D eigenvalue weighted by atomic mass is 10.2. The van der Waals surface area contributed by atoms with Gasteiger partial charge < -0.3 is 15.0 Å². The van der Waals surface area contributed by atoms with E-state index in [0.29, 0.717) is 19.7 Å². The first-order valence-electron chi connectivity index (χ1n) is 9.47. The molecular weight excluding hydrogens is 408 g/mol. The van der Waals surface area contributed by atoms with Gasteiger partial charge in [0.15, 0.2) is 0 Å². The van der Waals surface area contributed by atoms with Gasteiger partial charge in [-0.1, -0.05) is 18.2 Å².